The van der Waals surface area contributed by atoms with E-state index >= 15 is 0 Å². The SMILES string of the molecule is CCn1cc(N)c(C(=O)N2CCCC(OC)C2)n1. The van der Waals surface area contributed by atoms with Crippen LogP contribution >= 0.6 is 0 Å². The Bertz CT molecular complexity index is 430. The molecule has 1 atom stereocenters. The van der Waals surface area contributed by atoms with E-state index in [4.69, 9.17) is 10.5 Å². The van der Waals surface area contributed by atoms with Gasteiger partial charge in [0.1, 0.15) is 0 Å². The first kappa shape index (κ1) is 12.9. The van der Waals surface area contributed by atoms with Gasteiger partial charge in [0.15, 0.2) is 5.69 Å². The van der Waals surface area contributed by atoms with E-state index < -0.39 is 0 Å². The highest BCUT2D eigenvalue weighted by Crippen LogP contribution is 2.18. The number of aromatic nitrogens is 2. The summed E-state index contributed by atoms with van der Waals surface area (Å²) in [6.07, 6.45) is 3.78. The number of hydrogen-bond acceptors (Lipinski definition) is 4. The summed E-state index contributed by atoms with van der Waals surface area (Å²) in [6, 6.07) is 0. The van der Waals surface area contributed by atoms with Crippen molar-refractivity contribution in [3.8, 4) is 0 Å². The molecule has 6 nitrogen and oxygen atoms in total. The summed E-state index contributed by atoms with van der Waals surface area (Å²) < 4.78 is 6.99. The lowest BCUT2D eigenvalue weighted by molar-refractivity contribution is 0.0266. The molecule has 100 valence electrons. The minimum Gasteiger partial charge on any atom is -0.396 e. The predicted octanol–water partition coefficient (Wildman–Crippen LogP) is 0.736. The summed E-state index contributed by atoms with van der Waals surface area (Å²) in [5.41, 5.74) is 6.63. The number of methoxy groups -OCH3 is 1. The Morgan fingerprint density at radius 3 is 3.06 bits per heavy atom. The second-order valence-electron chi connectivity index (χ2n) is 4.54. The lowest BCUT2D eigenvalue weighted by atomic mass is 10.1. The van der Waals surface area contributed by atoms with Gasteiger partial charge in [-0.15, -0.1) is 0 Å². The van der Waals surface area contributed by atoms with Crippen LogP contribution in [0.25, 0.3) is 0 Å². The van der Waals surface area contributed by atoms with Crippen molar-refractivity contribution >= 4 is 11.6 Å². The summed E-state index contributed by atoms with van der Waals surface area (Å²) in [5, 5.41) is 4.21. The number of anilines is 1. The number of amides is 1. The lowest BCUT2D eigenvalue weighted by Crippen LogP contribution is -2.43. The van der Waals surface area contributed by atoms with E-state index in [1.807, 2.05) is 6.92 Å². The Hall–Kier alpha value is -1.56. The number of piperidine rings is 1. The Morgan fingerprint density at radius 2 is 2.44 bits per heavy atom. The summed E-state index contributed by atoms with van der Waals surface area (Å²) >= 11 is 0. The van der Waals surface area contributed by atoms with E-state index in [-0.39, 0.29) is 12.0 Å². The summed E-state index contributed by atoms with van der Waals surface area (Å²) in [6.45, 7) is 4.03. The first-order chi connectivity index (χ1) is 8.65. The molecule has 0 bridgehead atoms. The molecule has 2 heterocycles. The zero-order valence-corrected chi connectivity index (χ0v) is 10.9. The minimum atomic E-state index is -0.0959. The third kappa shape index (κ3) is 2.48. The van der Waals surface area contributed by atoms with E-state index in [1.54, 1.807) is 22.9 Å². The van der Waals surface area contributed by atoms with Crippen molar-refractivity contribution in [3.63, 3.8) is 0 Å². The highest BCUT2D eigenvalue weighted by atomic mass is 16.5. The van der Waals surface area contributed by atoms with Gasteiger partial charge in [-0.05, 0) is 19.8 Å². The average Bonchev–Trinajstić information content (AvgIpc) is 2.79. The Morgan fingerprint density at radius 1 is 1.67 bits per heavy atom. The van der Waals surface area contributed by atoms with Gasteiger partial charge in [-0.25, -0.2) is 0 Å². The van der Waals surface area contributed by atoms with Crippen LogP contribution < -0.4 is 5.73 Å². The largest absolute Gasteiger partial charge is 0.396 e. The van der Waals surface area contributed by atoms with E-state index in [0.29, 0.717) is 24.5 Å². The Balaban J connectivity index is 2.12. The normalized spacial score (nSPS) is 20.1. The van der Waals surface area contributed by atoms with Crippen molar-refractivity contribution in [3.05, 3.63) is 11.9 Å². The summed E-state index contributed by atoms with van der Waals surface area (Å²) in [5.74, 6) is -0.0959. The molecule has 1 aromatic rings. The number of hydrogen-bond donors (Lipinski definition) is 1. The van der Waals surface area contributed by atoms with Gasteiger partial charge in [0.2, 0.25) is 0 Å². The smallest absolute Gasteiger partial charge is 0.276 e. The number of nitrogens with zero attached hydrogens (tertiary/aromatic N) is 3. The van der Waals surface area contributed by atoms with Gasteiger partial charge in [-0.3, -0.25) is 9.48 Å². The first-order valence-electron chi connectivity index (χ1n) is 6.30. The Kier molecular flexibility index (Phi) is 3.86. The van der Waals surface area contributed by atoms with Gasteiger partial charge in [0.25, 0.3) is 5.91 Å². The minimum absolute atomic E-state index is 0.0959. The van der Waals surface area contributed by atoms with Crippen LogP contribution in [0, 0.1) is 0 Å². The van der Waals surface area contributed by atoms with Gasteiger partial charge in [0.05, 0.1) is 11.8 Å². The molecule has 1 amide bonds. The van der Waals surface area contributed by atoms with Crippen molar-refractivity contribution in [2.45, 2.75) is 32.4 Å². The number of nitrogen functional groups attached to an aromatic ring is 1. The average molecular weight is 252 g/mol. The zero-order valence-electron chi connectivity index (χ0n) is 10.9. The van der Waals surface area contributed by atoms with Crippen LogP contribution in [0.3, 0.4) is 0 Å². The number of nitrogens with two attached hydrogens (primary N) is 1. The predicted molar refractivity (Wildman–Crippen MR) is 68.2 cm³/mol. The van der Waals surface area contributed by atoms with Gasteiger partial charge in [-0.1, -0.05) is 0 Å². The molecule has 1 unspecified atom stereocenters. The number of carbonyl (C=O) groups is 1. The second kappa shape index (κ2) is 5.39. The van der Waals surface area contributed by atoms with E-state index in [2.05, 4.69) is 5.10 Å². The summed E-state index contributed by atoms with van der Waals surface area (Å²) in [7, 11) is 1.68. The fourth-order valence-electron chi connectivity index (χ4n) is 2.23. The van der Waals surface area contributed by atoms with Gasteiger partial charge in [-0.2, -0.15) is 5.10 Å². The molecule has 1 fully saturated rings. The molecule has 1 aliphatic rings. The van der Waals surface area contributed by atoms with Crippen molar-refractivity contribution in [2.24, 2.45) is 0 Å². The van der Waals surface area contributed by atoms with Crippen molar-refractivity contribution in [1.82, 2.24) is 14.7 Å². The van der Waals surface area contributed by atoms with Crippen molar-refractivity contribution in [1.29, 1.82) is 0 Å². The highest BCUT2D eigenvalue weighted by Gasteiger charge is 2.27. The van der Waals surface area contributed by atoms with Gasteiger partial charge in [0, 0.05) is 32.9 Å². The van der Waals surface area contributed by atoms with Crippen LogP contribution in [-0.4, -0.2) is 46.9 Å². The lowest BCUT2D eigenvalue weighted by Gasteiger charge is -2.31. The molecule has 0 spiro atoms. The number of carbonyl (C=O) groups excluding carboxylic acids is 1. The maximum atomic E-state index is 12.3. The molecule has 2 rings (SSSR count). The van der Waals surface area contributed by atoms with Crippen LogP contribution in [0.4, 0.5) is 5.69 Å². The van der Waals surface area contributed by atoms with Crippen LogP contribution in [0.2, 0.25) is 0 Å². The second-order valence-corrected chi connectivity index (χ2v) is 4.54. The molecule has 0 saturated carbocycles. The third-order valence-electron chi connectivity index (χ3n) is 3.32. The van der Waals surface area contributed by atoms with E-state index in [9.17, 15) is 4.79 Å². The topological polar surface area (TPSA) is 73.4 Å². The molecule has 6 heteroatoms. The van der Waals surface area contributed by atoms with Crippen molar-refractivity contribution < 1.29 is 9.53 Å². The zero-order chi connectivity index (χ0) is 13.1. The number of ether oxygens (including phenoxy) is 1. The first-order valence-corrected chi connectivity index (χ1v) is 6.30. The van der Waals surface area contributed by atoms with Crippen molar-refractivity contribution in [2.75, 3.05) is 25.9 Å². The number of rotatable bonds is 3. The quantitative estimate of drug-likeness (QED) is 0.861. The van der Waals surface area contributed by atoms with Gasteiger partial charge < -0.3 is 15.4 Å². The molecule has 1 aliphatic heterocycles. The molecular weight excluding hydrogens is 232 g/mol. The summed E-state index contributed by atoms with van der Waals surface area (Å²) in [4.78, 5) is 14.1. The highest BCUT2D eigenvalue weighted by molar-refractivity contribution is 5.97. The van der Waals surface area contributed by atoms with Crippen LogP contribution in [0.5, 0.6) is 0 Å². The van der Waals surface area contributed by atoms with Crippen LogP contribution in [0.15, 0.2) is 6.20 Å². The molecular formula is C12H20N4O2. The fourth-order valence-corrected chi connectivity index (χ4v) is 2.23. The molecule has 0 aromatic carbocycles. The monoisotopic (exact) mass is 252 g/mol. The maximum Gasteiger partial charge on any atom is 0.276 e. The molecule has 2 N–H and O–H groups in total. The molecule has 18 heavy (non-hydrogen) atoms. The molecule has 0 radical (unpaired) electrons. The Labute approximate surface area is 107 Å². The van der Waals surface area contributed by atoms with Crippen LogP contribution in [-0.2, 0) is 11.3 Å². The fraction of sp³-hybridized carbons (Fsp3) is 0.667. The molecule has 0 aliphatic carbocycles. The number of aryl methyl sites for hydroxylation is 1. The standard InChI is InChI=1S/C12H20N4O2/c1-3-16-8-10(13)11(14-16)12(17)15-6-4-5-9(7-15)18-2/h8-9H,3-7,13H2,1-2H3. The molecule has 1 saturated heterocycles. The number of likely N-dealkylation sites (tertiary alicyclic amines) is 1. The molecule has 1 aromatic heterocycles. The maximum absolute atomic E-state index is 12.3. The third-order valence-corrected chi connectivity index (χ3v) is 3.32. The van der Waals surface area contributed by atoms with Gasteiger partial charge >= 0.3 is 0 Å². The van der Waals surface area contributed by atoms with Crippen LogP contribution in [0.1, 0.15) is 30.3 Å². The van der Waals surface area contributed by atoms with E-state index in [0.717, 1.165) is 19.4 Å². The van der Waals surface area contributed by atoms with E-state index in [1.165, 1.54) is 0 Å².